The van der Waals surface area contributed by atoms with Gasteiger partial charge in [0.1, 0.15) is 11.6 Å². The van der Waals surface area contributed by atoms with E-state index in [4.69, 9.17) is 10.5 Å². The quantitative estimate of drug-likeness (QED) is 0.636. The number of phenolic OH excluding ortho intramolecular Hbond substituents is 1. The molecule has 6 heteroatoms. The summed E-state index contributed by atoms with van der Waals surface area (Å²) < 4.78 is 36.0. The number of rotatable bonds is 3. The summed E-state index contributed by atoms with van der Waals surface area (Å²) in [5.41, 5.74) is 0.465. The fourth-order valence-corrected chi connectivity index (χ4v) is 1.25. The third-order valence-corrected chi connectivity index (χ3v) is 2.25. The zero-order chi connectivity index (χ0) is 13.1. The maximum Gasteiger partial charge on any atom is 0.390 e. The lowest BCUT2D eigenvalue weighted by atomic mass is 10.2. The molecule has 3 nitrogen and oxygen atoms in total. The number of alkyl halides is 3. The Kier molecular flexibility index (Phi) is 3.98. The van der Waals surface area contributed by atoms with Crippen molar-refractivity contribution < 1.29 is 18.3 Å². The maximum absolute atomic E-state index is 12.0. The van der Waals surface area contributed by atoms with Gasteiger partial charge in [0.15, 0.2) is 0 Å². The average molecular weight is 246 g/mol. The Balaban J connectivity index is 2.61. The van der Waals surface area contributed by atoms with Crippen LogP contribution in [0.3, 0.4) is 0 Å². The number of amidine groups is 1. The molecular formula is C11H13F3N2O. The first-order valence-corrected chi connectivity index (χ1v) is 4.95. The van der Waals surface area contributed by atoms with E-state index in [-0.39, 0.29) is 18.1 Å². The summed E-state index contributed by atoms with van der Waals surface area (Å²) in [6.07, 6.45) is -5.17. The van der Waals surface area contributed by atoms with Crippen LogP contribution in [0.4, 0.5) is 13.2 Å². The van der Waals surface area contributed by atoms with Gasteiger partial charge in [0.2, 0.25) is 0 Å². The second-order valence-corrected chi connectivity index (χ2v) is 3.68. The molecule has 0 aromatic heterocycles. The molecular weight excluding hydrogens is 233 g/mol. The molecule has 0 atom stereocenters. The Hall–Kier alpha value is -1.72. The number of halogens is 3. The van der Waals surface area contributed by atoms with E-state index >= 15 is 0 Å². The molecule has 0 saturated carbocycles. The van der Waals surface area contributed by atoms with Gasteiger partial charge in [0, 0.05) is 19.2 Å². The van der Waals surface area contributed by atoms with Crippen molar-refractivity contribution in [3.05, 3.63) is 29.8 Å². The van der Waals surface area contributed by atoms with Gasteiger partial charge in [-0.3, -0.25) is 5.41 Å². The molecule has 0 spiro atoms. The Bertz CT molecular complexity index is 387. The molecule has 0 radical (unpaired) electrons. The first-order chi connectivity index (χ1) is 7.79. The van der Waals surface area contributed by atoms with Crippen LogP contribution in [0, 0.1) is 5.41 Å². The SMILES string of the molecule is CN(CCC(F)(F)F)C(=N)c1ccc(O)cc1. The van der Waals surface area contributed by atoms with E-state index < -0.39 is 12.6 Å². The molecule has 0 fully saturated rings. The molecule has 0 aliphatic heterocycles. The van der Waals surface area contributed by atoms with Crippen LogP contribution in [0.2, 0.25) is 0 Å². The fraction of sp³-hybridized carbons (Fsp3) is 0.364. The zero-order valence-corrected chi connectivity index (χ0v) is 9.25. The highest BCUT2D eigenvalue weighted by Crippen LogP contribution is 2.20. The van der Waals surface area contributed by atoms with Crippen LogP contribution < -0.4 is 0 Å². The Morgan fingerprint density at radius 2 is 1.82 bits per heavy atom. The fourth-order valence-electron chi connectivity index (χ4n) is 1.25. The van der Waals surface area contributed by atoms with Crippen molar-refractivity contribution in [2.75, 3.05) is 13.6 Å². The third kappa shape index (κ3) is 4.34. The van der Waals surface area contributed by atoms with Crippen molar-refractivity contribution in [3.8, 4) is 5.75 Å². The lowest BCUT2D eigenvalue weighted by Gasteiger charge is -2.20. The predicted molar refractivity (Wildman–Crippen MR) is 58.2 cm³/mol. The predicted octanol–water partition coefficient (Wildman–Crippen LogP) is 2.60. The van der Waals surface area contributed by atoms with Crippen LogP contribution in [0.5, 0.6) is 5.75 Å². The van der Waals surface area contributed by atoms with E-state index in [9.17, 15) is 13.2 Å². The highest BCUT2D eigenvalue weighted by atomic mass is 19.4. The summed E-state index contributed by atoms with van der Waals surface area (Å²) >= 11 is 0. The van der Waals surface area contributed by atoms with Crippen LogP contribution in [0.25, 0.3) is 0 Å². The third-order valence-electron chi connectivity index (χ3n) is 2.25. The van der Waals surface area contributed by atoms with Crippen LogP contribution in [0.15, 0.2) is 24.3 Å². The van der Waals surface area contributed by atoms with E-state index in [1.807, 2.05) is 0 Å². The molecule has 0 unspecified atom stereocenters. The second-order valence-electron chi connectivity index (χ2n) is 3.68. The van der Waals surface area contributed by atoms with Crippen molar-refractivity contribution in [2.24, 2.45) is 0 Å². The lowest BCUT2D eigenvalue weighted by molar-refractivity contribution is -0.135. The van der Waals surface area contributed by atoms with E-state index in [1.165, 1.54) is 36.2 Å². The van der Waals surface area contributed by atoms with E-state index in [1.54, 1.807) is 0 Å². The zero-order valence-electron chi connectivity index (χ0n) is 9.25. The largest absolute Gasteiger partial charge is 0.508 e. The number of aromatic hydroxyl groups is 1. The summed E-state index contributed by atoms with van der Waals surface area (Å²) in [5, 5.41) is 16.7. The molecule has 1 aromatic carbocycles. The van der Waals surface area contributed by atoms with Gasteiger partial charge < -0.3 is 10.0 Å². The average Bonchev–Trinajstić information content (AvgIpc) is 2.25. The van der Waals surface area contributed by atoms with Crippen molar-refractivity contribution in [1.82, 2.24) is 4.90 Å². The van der Waals surface area contributed by atoms with Gasteiger partial charge in [-0.25, -0.2) is 0 Å². The first-order valence-electron chi connectivity index (χ1n) is 4.95. The number of hydrogen-bond acceptors (Lipinski definition) is 2. The van der Waals surface area contributed by atoms with Gasteiger partial charge >= 0.3 is 6.18 Å². The number of nitrogens with one attached hydrogen (secondary N) is 1. The standard InChI is InChI=1S/C11H13F3N2O/c1-16(7-6-11(12,13)14)10(15)8-2-4-9(17)5-3-8/h2-5,15,17H,6-7H2,1H3. The van der Waals surface area contributed by atoms with E-state index in [0.717, 1.165) is 0 Å². The smallest absolute Gasteiger partial charge is 0.390 e. The van der Waals surface area contributed by atoms with Crippen molar-refractivity contribution in [3.63, 3.8) is 0 Å². The maximum atomic E-state index is 12.0. The van der Waals surface area contributed by atoms with Gasteiger partial charge in [-0.2, -0.15) is 13.2 Å². The Morgan fingerprint density at radius 1 is 1.29 bits per heavy atom. The van der Waals surface area contributed by atoms with Crippen molar-refractivity contribution >= 4 is 5.84 Å². The summed E-state index contributed by atoms with van der Waals surface area (Å²) in [4.78, 5) is 1.22. The van der Waals surface area contributed by atoms with Crippen LogP contribution in [-0.2, 0) is 0 Å². The minimum Gasteiger partial charge on any atom is -0.508 e. The van der Waals surface area contributed by atoms with Crippen LogP contribution in [0.1, 0.15) is 12.0 Å². The number of hydrogen-bond donors (Lipinski definition) is 2. The van der Waals surface area contributed by atoms with E-state index in [0.29, 0.717) is 5.56 Å². The van der Waals surface area contributed by atoms with Gasteiger partial charge in [-0.05, 0) is 24.3 Å². The second kappa shape index (κ2) is 5.07. The summed E-state index contributed by atoms with van der Waals surface area (Å²) in [6.45, 7) is -0.261. The van der Waals surface area contributed by atoms with Gasteiger partial charge in [-0.15, -0.1) is 0 Å². The topological polar surface area (TPSA) is 47.3 Å². The highest BCUT2D eigenvalue weighted by molar-refractivity contribution is 5.96. The minimum absolute atomic E-state index is 0.00532. The minimum atomic E-state index is -4.22. The normalized spacial score (nSPS) is 11.3. The van der Waals surface area contributed by atoms with Gasteiger partial charge in [0.25, 0.3) is 0 Å². The van der Waals surface area contributed by atoms with Crippen molar-refractivity contribution in [2.45, 2.75) is 12.6 Å². The first kappa shape index (κ1) is 13.3. The molecule has 17 heavy (non-hydrogen) atoms. The molecule has 0 heterocycles. The van der Waals surface area contributed by atoms with Crippen LogP contribution >= 0.6 is 0 Å². The summed E-state index contributed by atoms with van der Waals surface area (Å²) in [6, 6.07) is 5.76. The molecule has 1 aromatic rings. The molecule has 0 amide bonds. The molecule has 0 aliphatic carbocycles. The Morgan fingerprint density at radius 3 is 2.29 bits per heavy atom. The molecule has 1 rings (SSSR count). The van der Waals surface area contributed by atoms with E-state index in [2.05, 4.69) is 0 Å². The molecule has 2 N–H and O–H groups in total. The highest BCUT2D eigenvalue weighted by Gasteiger charge is 2.27. The molecule has 94 valence electrons. The number of benzene rings is 1. The Labute approximate surface area is 97.0 Å². The van der Waals surface area contributed by atoms with Gasteiger partial charge in [-0.1, -0.05) is 0 Å². The van der Waals surface area contributed by atoms with Crippen LogP contribution in [-0.4, -0.2) is 35.6 Å². The van der Waals surface area contributed by atoms with Crippen molar-refractivity contribution in [1.29, 1.82) is 5.41 Å². The molecule has 0 saturated heterocycles. The van der Waals surface area contributed by atoms with Gasteiger partial charge in [0.05, 0.1) is 6.42 Å². The lowest BCUT2D eigenvalue weighted by Crippen LogP contribution is -2.30. The summed E-state index contributed by atoms with van der Waals surface area (Å²) in [7, 11) is 1.43. The number of phenols is 1. The monoisotopic (exact) mass is 246 g/mol. The molecule has 0 bridgehead atoms. The number of nitrogens with zero attached hydrogens (tertiary/aromatic N) is 1. The molecule has 0 aliphatic rings. The summed E-state index contributed by atoms with van der Waals surface area (Å²) in [5.74, 6) is 0.0498.